The molecule has 0 aromatic carbocycles. The Hall–Kier alpha value is -1.65. The molecule has 1 amide bonds. The Morgan fingerprint density at radius 2 is 2.06 bits per heavy atom. The van der Waals surface area contributed by atoms with Gasteiger partial charge in [0, 0.05) is 17.7 Å². The molecule has 0 spiro atoms. The van der Waals surface area contributed by atoms with E-state index in [0.717, 1.165) is 0 Å². The summed E-state index contributed by atoms with van der Waals surface area (Å²) >= 11 is 0. The first-order chi connectivity index (χ1) is 8.28. The molecule has 5 heteroatoms. The van der Waals surface area contributed by atoms with E-state index in [0.29, 0.717) is 24.1 Å². The standard InChI is InChI=1S/C13H17NO4/c1-13(2)5-9-8(10(15)6-13)3-7(4-11(16)17)12(18)14-9/h7H,3-6H2,1-2H3,(H,14,18)(H,16,17). The number of rotatable bonds is 2. The van der Waals surface area contributed by atoms with E-state index >= 15 is 0 Å². The second-order valence-corrected chi connectivity index (χ2v) is 5.89. The number of allylic oxidation sites excluding steroid dienone is 2. The Bertz CT molecular complexity index is 462. The summed E-state index contributed by atoms with van der Waals surface area (Å²) in [6.45, 7) is 3.98. The number of aliphatic carboxylic acids is 1. The van der Waals surface area contributed by atoms with Crippen molar-refractivity contribution in [1.82, 2.24) is 5.32 Å². The molecule has 0 saturated heterocycles. The summed E-state index contributed by atoms with van der Waals surface area (Å²) in [6.07, 6.45) is 1.17. The van der Waals surface area contributed by atoms with E-state index < -0.39 is 11.9 Å². The molecule has 0 saturated carbocycles. The molecule has 2 N–H and O–H groups in total. The highest BCUT2D eigenvalue weighted by Gasteiger charge is 2.39. The molecule has 1 aliphatic heterocycles. The molecule has 0 radical (unpaired) electrons. The van der Waals surface area contributed by atoms with Gasteiger partial charge in [0.15, 0.2) is 5.78 Å². The lowest BCUT2D eigenvalue weighted by Crippen LogP contribution is -2.42. The van der Waals surface area contributed by atoms with Crippen molar-refractivity contribution in [3.05, 3.63) is 11.3 Å². The third-order valence-electron chi connectivity index (χ3n) is 3.51. The first-order valence-electron chi connectivity index (χ1n) is 6.06. The highest BCUT2D eigenvalue weighted by atomic mass is 16.4. The minimum absolute atomic E-state index is 0.0386. The SMILES string of the molecule is CC1(C)CC(=O)C2=C(C1)NC(=O)C(CC(=O)O)C2. The van der Waals surface area contributed by atoms with Gasteiger partial charge in [0.2, 0.25) is 5.91 Å². The average Bonchev–Trinajstić information content (AvgIpc) is 2.18. The number of carboxylic acid groups (broad SMARTS) is 1. The molecule has 0 fully saturated rings. The van der Waals surface area contributed by atoms with Gasteiger partial charge < -0.3 is 10.4 Å². The molecule has 5 nitrogen and oxygen atoms in total. The average molecular weight is 251 g/mol. The quantitative estimate of drug-likeness (QED) is 0.773. The van der Waals surface area contributed by atoms with Gasteiger partial charge in [-0.05, 0) is 18.3 Å². The van der Waals surface area contributed by atoms with Crippen LogP contribution < -0.4 is 5.32 Å². The van der Waals surface area contributed by atoms with Gasteiger partial charge in [-0.1, -0.05) is 13.8 Å². The first kappa shape index (κ1) is 12.8. The zero-order chi connectivity index (χ0) is 13.5. The fourth-order valence-electron chi connectivity index (χ4n) is 2.68. The minimum Gasteiger partial charge on any atom is -0.481 e. The second kappa shape index (κ2) is 4.23. The van der Waals surface area contributed by atoms with Crippen molar-refractivity contribution in [2.45, 2.75) is 39.5 Å². The van der Waals surface area contributed by atoms with Gasteiger partial charge in [-0.25, -0.2) is 0 Å². The monoisotopic (exact) mass is 251 g/mol. The van der Waals surface area contributed by atoms with Crippen LogP contribution in [0.1, 0.15) is 39.5 Å². The van der Waals surface area contributed by atoms with E-state index in [1.165, 1.54) is 0 Å². The third-order valence-corrected chi connectivity index (χ3v) is 3.51. The molecular formula is C13H17NO4. The Labute approximate surface area is 105 Å². The first-order valence-corrected chi connectivity index (χ1v) is 6.06. The maximum atomic E-state index is 12.0. The van der Waals surface area contributed by atoms with Gasteiger partial charge in [0.25, 0.3) is 0 Å². The normalized spacial score (nSPS) is 26.7. The molecule has 1 aliphatic carbocycles. The minimum atomic E-state index is -1.01. The number of carboxylic acids is 1. The largest absolute Gasteiger partial charge is 0.481 e. The predicted octanol–water partition coefficient (Wildman–Crippen LogP) is 1.24. The van der Waals surface area contributed by atoms with Crippen molar-refractivity contribution in [2.24, 2.45) is 11.3 Å². The fraction of sp³-hybridized carbons (Fsp3) is 0.615. The maximum absolute atomic E-state index is 12.0. The Kier molecular flexibility index (Phi) is 3.00. The number of carbonyl (C=O) groups is 3. The van der Waals surface area contributed by atoms with Gasteiger partial charge in [0.1, 0.15) is 0 Å². The molecule has 0 aromatic rings. The van der Waals surface area contributed by atoms with Crippen LogP contribution in [0.4, 0.5) is 0 Å². The zero-order valence-corrected chi connectivity index (χ0v) is 10.6. The third kappa shape index (κ3) is 2.44. The van der Waals surface area contributed by atoms with Crippen LogP contribution in [-0.4, -0.2) is 22.8 Å². The molecule has 1 unspecified atom stereocenters. The van der Waals surface area contributed by atoms with Crippen LogP contribution in [0.2, 0.25) is 0 Å². The van der Waals surface area contributed by atoms with Crippen LogP contribution in [0.3, 0.4) is 0 Å². The lowest BCUT2D eigenvalue weighted by Gasteiger charge is -2.36. The second-order valence-electron chi connectivity index (χ2n) is 5.89. The van der Waals surface area contributed by atoms with Crippen molar-refractivity contribution < 1.29 is 19.5 Å². The summed E-state index contributed by atoms with van der Waals surface area (Å²) in [5.41, 5.74) is 1.19. The molecule has 98 valence electrons. The summed E-state index contributed by atoms with van der Waals surface area (Å²) in [6, 6.07) is 0. The number of hydrogen-bond donors (Lipinski definition) is 2. The molecule has 1 atom stereocenters. The lowest BCUT2D eigenvalue weighted by molar-refractivity contribution is -0.141. The van der Waals surface area contributed by atoms with Crippen LogP contribution in [0.15, 0.2) is 11.3 Å². The topological polar surface area (TPSA) is 83.5 Å². The Morgan fingerprint density at radius 3 is 2.67 bits per heavy atom. The number of ketones is 1. The summed E-state index contributed by atoms with van der Waals surface area (Å²) in [5.74, 6) is -1.87. The van der Waals surface area contributed by atoms with Crippen LogP contribution in [0, 0.1) is 11.3 Å². The predicted molar refractivity (Wildman–Crippen MR) is 63.6 cm³/mol. The van der Waals surface area contributed by atoms with Gasteiger partial charge >= 0.3 is 5.97 Å². The Balaban J connectivity index is 2.24. The molecule has 18 heavy (non-hydrogen) atoms. The van der Waals surface area contributed by atoms with Gasteiger partial charge in [-0.15, -0.1) is 0 Å². The Morgan fingerprint density at radius 1 is 1.39 bits per heavy atom. The molecule has 2 rings (SSSR count). The highest BCUT2D eigenvalue weighted by molar-refractivity contribution is 6.01. The van der Waals surface area contributed by atoms with E-state index in [2.05, 4.69) is 5.32 Å². The van der Waals surface area contributed by atoms with E-state index in [-0.39, 0.29) is 29.9 Å². The zero-order valence-electron chi connectivity index (χ0n) is 10.6. The van der Waals surface area contributed by atoms with E-state index in [1.807, 2.05) is 13.8 Å². The summed E-state index contributed by atoms with van der Waals surface area (Å²) in [4.78, 5) is 34.5. The van der Waals surface area contributed by atoms with Gasteiger partial charge in [-0.3, -0.25) is 14.4 Å². The van der Waals surface area contributed by atoms with E-state index in [4.69, 9.17) is 5.11 Å². The number of carbonyl (C=O) groups excluding carboxylic acids is 2. The summed E-state index contributed by atoms with van der Waals surface area (Å²) in [7, 11) is 0. The number of amides is 1. The molecular weight excluding hydrogens is 234 g/mol. The summed E-state index contributed by atoms with van der Waals surface area (Å²) in [5, 5.41) is 11.5. The van der Waals surface area contributed by atoms with Crippen LogP contribution >= 0.6 is 0 Å². The van der Waals surface area contributed by atoms with Crippen molar-refractivity contribution in [3.63, 3.8) is 0 Å². The smallest absolute Gasteiger partial charge is 0.304 e. The molecule has 2 aliphatic rings. The van der Waals surface area contributed by atoms with Crippen LogP contribution in [-0.2, 0) is 14.4 Å². The van der Waals surface area contributed by atoms with Crippen molar-refractivity contribution >= 4 is 17.7 Å². The highest BCUT2D eigenvalue weighted by Crippen LogP contribution is 2.39. The van der Waals surface area contributed by atoms with E-state index in [9.17, 15) is 14.4 Å². The van der Waals surface area contributed by atoms with Crippen molar-refractivity contribution in [1.29, 1.82) is 0 Å². The van der Waals surface area contributed by atoms with E-state index in [1.54, 1.807) is 0 Å². The van der Waals surface area contributed by atoms with Gasteiger partial charge in [0.05, 0.1) is 12.3 Å². The number of nitrogens with one attached hydrogen (secondary N) is 1. The number of hydrogen-bond acceptors (Lipinski definition) is 3. The van der Waals surface area contributed by atoms with Crippen molar-refractivity contribution in [3.8, 4) is 0 Å². The molecule has 1 heterocycles. The summed E-state index contributed by atoms with van der Waals surface area (Å²) < 4.78 is 0. The maximum Gasteiger partial charge on any atom is 0.304 e. The number of Topliss-reactive ketones (excluding diaryl/α,β-unsaturated/α-hetero) is 1. The van der Waals surface area contributed by atoms with Gasteiger partial charge in [-0.2, -0.15) is 0 Å². The van der Waals surface area contributed by atoms with Crippen LogP contribution in [0.5, 0.6) is 0 Å². The molecule has 0 aromatic heterocycles. The fourth-order valence-corrected chi connectivity index (χ4v) is 2.68. The van der Waals surface area contributed by atoms with Crippen LogP contribution in [0.25, 0.3) is 0 Å². The lowest BCUT2D eigenvalue weighted by atomic mass is 9.72. The van der Waals surface area contributed by atoms with Crippen molar-refractivity contribution in [2.75, 3.05) is 0 Å². The molecule has 0 bridgehead atoms.